The van der Waals surface area contributed by atoms with E-state index in [9.17, 15) is 14.9 Å². The summed E-state index contributed by atoms with van der Waals surface area (Å²) in [6.07, 6.45) is 3.14. The Labute approximate surface area is 182 Å². The number of pyridine rings is 1. The largest absolute Gasteiger partial charge is 0.484 e. The summed E-state index contributed by atoms with van der Waals surface area (Å²) < 4.78 is 7.17. The fraction of sp³-hybridized carbons (Fsp3) is 0.0909. The second-order valence-electron chi connectivity index (χ2n) is 6.86. The van der Waals surface area contributed by atoms with Gasteiger partial charge in [0.25, 0.3) is 11.6 Å². The summed E-state index contributed by atoms with van der Waals surface area (Å²) in [7, 11) is 0. The maximum Gasteiger partial charge on any atom is 0.286 e. The highest BCUT2D eigenvalue weighted by Gasteiger charge is 2.11. The van der Waals surface area contributed by atoms with Crippen LogP contribution in [0.25, 0.3) is 16.9 Å². The van der Waals surface area contributed by atoms with E-state index in [4.69, 9.17) is 16.3 Å². The van der Waals surface area contributed by atoms with Crippen molar-refractivity contribution in [3.63, 3.8) is 0 Å². The normalized spacial score (nSPS) is 10.8. The highest BCUT2D eigenvalue weighted by atomic mass is 35.5. The molecular weight excluding hydrogens is 420 g/mol. The number of fused-ring (bicyclic) bond motifs is 1. The Morgan fingerprint density at radius 2 is 1.94 bits per heavy atom. The Hall–Kier alpha value is -3.91. The first-order chi connectivity index (χ1) is 14.9. The zero-order chi connectivity index (χ0) is 22.0. The Morgan fingerprint density at radius 1 is 1.16 bits per heavy atom. The lowest BCUT2D eigenvalue weighted by molar-refractivity contribution is -0.385. The van der Waals surface area contributed by atoms with Crippen LogP contribution in [0.15, 0.2) is 67.0 Å². The smallest absolute Gasteiger partial charge is 0.286 e. The molecule has 0 aliphatic carbocycles. The Bertz CT molecular complexity index is 1280. The first-order valence-corrected chi connectivity index (χ1v) is 9.69. The summed E-state index contributed by atoms with van der Waals surface area (Å²) in [5, 5.41) is 14.2. The lowest BCUT2D eigenvalue weighted by Gasteiger charge is -2.10. The van der Waals surface area contributed by atoms with Crippen molar-refractivity contribution in [2.24, 2.45) is 0 Å². The van der Waals surface area contributed by atoms with E-state index in [0.29, 0.717) is 27.8 Å². The topological polar surface area (TPSA) is 98.8 Å². The minimum atomic E-state index is -0.449. The van der Waals surface area contributed by atoms with Gasteiger partial charge in [-0.25, -0.2) is 4.98 Å². The van der Waals surface area contributed by atoms with Gasteiger partial charge in [0.15, 0.2) is 6.61 Å². The van der Waals surface area contributed by atoms with Crippen molar-refractivity contribution in [3.05, 3.63) is 87.7 Å². The van der Waals surface area contributed by atoms with E-state index in [1.165, 1.54) is 12.3 Å². The van der Waals surface area contributed by atoms with Gasteiger partial charge in [-0.15, -0.1) is 0 Å². The number of anilines is 1. The number of amides is 1. The Balaban J connectivity index is 1.41. The van der Waals surface area contributed by atoms with Crippen LogP contribution in [0.4, 0.5) is 11.4 Å². The monoisotopic (exact) mass is 436 g/mol. The molecule has 0 aliphatic rings. The average molecular weight is 437 g/mol. The number of benzene rings is 2. The summed E-state index contributed by atoms with van der Waals surface area (Å²) in [5.41, 5.74) is 3.63. The molecule has 0 saturated heterocycles. The number of hydrogen-bond acceptors (Lipinski definition) is 5. The highest BCUT2D eigenvalue weighted by molar-refractivity contribution is 6.31. The number of nitrogens with zero attached hydrogens (tertiary/aromatic N) is 3. The number of nitrogens with one attached hydrogen (secondary N) is 1. The second kappa shape index (κ2) is 8.45. The number of ether oxygens (including phenoxy) is 1. The van der Waals surface area contributed by atoms with Crippen LogP contribution in [-0.2, 0) is 4.79 Å². The van der Waals surface area contributed by atoms with E-state index >= 15 is 0 Å². The molecule has 156 valence electrons. The molecule has 4 aromatic rings. The third-order valence-electron chi connectivity index (χ3n) is 4.64. The maximum absolute atomic E-state index is 12.2. The molecule has 1 N–H and O–H groups in total. The molecule has 4 rings (SSSR count). The summed E-state index contributed by atoms with van der Waals surface area (Å²) in [6.45, 7) is 1.73. The van der Waals surface area contributed by atoms with Crippen molar-refractivity contribution in [2.75, 3.05) is 11.9 Å². The average Bonchev–Trinajstić information content (AvgIpc) is 3.18. The summed E-state index contributed by atoms with van der Waals surface area (Å²) in [6, 6.07) is 15.4. The molecule has 0 unspecified atom stereocenters. The van der Waals surface area contributed by atoms with E-state index in [2.05, 4.69) is 10.3 Å². The van der Waals surface area contributed by atoms with Crippen molar-refractivity contribution in [3.8, 4) is 17.0 Å². The molecule has 1 amide bonds. The number of nitro groups is 1. The van der Waals surface area contributed by atoms with Gasteiger partial charge in [-0.05, 0) is 55.0 Å². The van der Waals surface area contributed by atoms with Gasteiger partial charge >= 0.3 is 0 Å². The fourth-order valence-corrected chi connectivity index (χ4v) is 3.19. The molecule has 0 fully saturated rings. The van der Waals surface area contributed by atoms with Crippen molar-refractivity contribution < 1.29 is 14.5 Å². The zero-order valence-corrected chi connectivity index (χ0v) is 17.2. The molecule has 31 heavy (non-hydrogen) atoms. The quantitative estimate of drug-likeness (QED) is 0.342. The summed E-state index contributed by atoms with van der Waals surface area (Å²) in [4.78, 5) is 27.1. The van der Waals surface area contributed by atoms with E-state index in [-0.39, 0.29) is 18.2 Å². The lowest BCUT2D eigenvalue weighted by atomic mass is 10.2. The Morgan fingerprint density at radius 3 is 2.68 bits per heavy atom. The van der Waals surface area contributed by atoms with Crippen molar-refractivity contribution in [1.29, 1.82) is 0 Å². The van der Waals surface area contributed by atoms with Gasteiger partial charge in [0.1, 0.15) is 11.4 Å². The van der Waals surface area contributed by atoms with Crippen LogP contribution < -0.4 is 10.1 Å². The van der Waals surface area contributed by atoms with Gasteiger partial charge in [0.05, 0.1) is 16.8 Å². The molecule has 9 heteroatoms. The van der Waals surface area contributed by atoms with Gasteiger partial charge in [0, 0.05) is 28.5 Å². The van der Waals surface area contributed by atoms with Gasteiger partial charge in [-0.2, -0.15) is 0 Å². The number of carbonyl (C=O) groups excluding carboxylic acids is 1. The van der Waals surface area contributed by atoms with Crippen LogP contribution in [0.2, 0.25) is 5.02 Å². The van der Waals surface area contributed by atoms with Gasteiger partial charge in [0.2, 0.25) is 0 Å². The van der Waals surface area contributed by atoms with Crippen molar-refractivity contribution >= 4 is 34.5 Å². The third-order valence-corrected chi connectivity index (χ3v) is 4.88. The van der Waals surface area contributed by atoms with Crippen LogP contribution >= 0.6 is 11.6 Å². The number of imidazole rings is 1. The number of aryl methyl sites for hydroxylation is 1. The van der Waals surface area contributed by atoms with Crippen LogP contribution in [-0.4, -0.2) is 26.8 Å². The molecule has 0 radical (unpaired) electrons. The molecule has 0 spiro atoms. The molecule has 0 saturated carbocycles. The number of carbonyl (C=O) groups is 1. The molecule has 0 aliphatic heterocycles. The highest BCUT2D eigenvalue weighted by Crippen LogP contribution is 2.24. The third kappa shape index (κ3) is 4.65. The van der Waals surface area contributed by atoms with Crippen LogP contribution in [0, 0.1) is 17.0 Å². The number of aromatic nitrogens is 2. The van der Waals surface area contributed by atoms with Gasteiger partial charge in [-0.1, -0.05) is 17.7 Å². The number of halogens is 1. The molecule has 2 aromatic heterocycles. The molecule has 2 heterocycles. The minimum Gasteiger partial charge on any atom is -0.484 e. The van der Waals surface area contributed by atoms with Crippen molar-refractivity contribution in [1.82, 2.24) is 9.38 Å². The van der Waals surface area contributed by atoms with Crippen molar-refractivity contribution in [2.45, 2.75) is 6.92 Å². The first kappa shape index (κ1) is 20.4. The predicted octanol–water partition coefficient (Wildman–Crippen LogP) is 4.89. The zero-order valence-electron chi connectivity index (χ0n) is 16.4. The standard InChI is InChI=1S/C22H17ClN4O4/c1-14-2-5-16(23)10-19(14)25-22(28)13-31-18-7-3-15(4-8-18)20-12-26-11-17(27(29)30)6-9-21(26)24-20/h2-12H,13H2,1H3,(H,25,28). The number of rotatable bonds is 6. The molecule has 2 aromatic carbocycles. The van der Waals surface area contributed by atoms with E-state index in [0.717, 1.165) is 11.1 Å². The van der Waals surface area contributed by atoms with Crippen LogP contribution in [0.3, 0.4) is 0 Å². The lowest BCUT2D eigenvalue weighted by Crippen LogP contribution is -2.20. The van der Waals surface area contributed by atoms with E-state index < -0.39 is 4.92 Å². The van der Waals surface area contributed by atoms with Crippen LogP contribution in [0.5, 0.6) is 5.75 Å². The van der Waals surface area contributed by atoms with E-state index in [1.54, 1.807) is 40.9 Å². The summed E-state index contributed by atoms with van der Waals surface area (Å²) >= 11 is 5.97. The van der Waals surface area contributed by atoms with E-state index in [1.807, 2.05) is 25.1 Å². The molecule has 8 nitrogen and oxygen atoms in total. The van der Waals surface area contributed by atoms with Gasteiger partial charge < -0.3 is 10.1 Å². The molecule has 0 atom stereocenters. The van der Waals surface area contributed by atoms with Crippen LogP contribution in [0.1, 0.15) is 5.56 Å². The Kier molecular flexibility index (Phi) is 5.55. The van der Waals surface area contributed by atoms with Gasteiger partial charge in [-0.3, -0.25) is 19.3 Å². The second-order valence-corrected chi connectivity index (χ2v) is 7.29. The molecular formula is C22H17ClN4O4. The number of hydrogen-bond donors (Lipinski definition) is 1. The molecule has 0 bridgehead atoms. The SMILES string of the molecule is Cc1ccc(Cl)cc1NC(=O)COc1ccc(-c2cn3cc([N+](=O)[O-])ccc3n2)cc1. The fourth-order valence-electron chi connectivity index (χ4n) is 3.01. The predicted molar refractivity (Wildman–Crippen MR) is 118 cm³/mol. The minimum absolute atomic E-state index is 0.00792. The maximum atomic E-state index is 12.2. The first-order valence-electron chi connectivity index (χ1n) is 9.31. The summed E-state index contributed by atoms with van der Waals surface area (Å²) in [5.74, 6) is 0.234.